The zero-order chi connectivity index (χ0) is 26.5. The van der Waals surface area contributed by atoms with E-state index in [-0.39, 0.29) is 47.9 Å². The second kappa shape index (κ2) is 14.8. The van der Waals surface area contributed by atoms with Crippen LogP contribution in [0.2, 0.25) is 0 Å². The Morgan fingerprint density at radius 3 is 2.43 bits per heavy atom. The molecule has 8 N–H and O–H groups in total. The number of nitrogens with two attached hydrogens (primary N) is 1. The minimum Gasteiger partial charge on any atom is -0.504 e. The lowest BCUT2D eigenvalue weighted by Gasteiger charge is -2.21. The average Bonchev–Trinajstić information content (AvgIpc) is 2.82. The van der Waals surface area contributed by atoms with Crippen molar-refractivity contribution in [3.8, 4) is 11.5 Å². The van der Waals surface area contributed by atoms with Crippen LogP contribution in [0.25, 0.3) is 0 Å². The first kappa shape index (κ1) is 29.7. The van der Waals surface area contributed by atoms with E-state index in [0.29, 0.717) is 0 Å². The third-order valence-corrected chi connectivity index (χ3v) is 6.00. The smallest absolute Gasteiger partial charge is 0.322 e. The fourth-order valence-corrected chi connectivity index (χ4v) is 3.80. The number of thioether (sulfide) groups is 1. The number of carboxylic acid groups (broad SMARTS) is 2. The molecule has 0 spiro atoms. The minimum absolute atomic E-state index is 0.101. The molecule has 13 nitrogen and oxygen atoms in total. The molecule has 35 heavy (non-hydrogen) atoms. The number of aliphatic carboxylic acids is 2. The number of aliphatic hydroxyl groups excluding tert-OH is 1. The molecule has 1 aromatic rings. The lowest BCUT2D eigenvalue weighted by atomic mass is 10.1. The number of Topliss-reactive ketones (excluding diaryl/α,β-unsaturated/α-hetero) is 1. The average molecular weight is 516 g/mol. The summed E-state index contributed by atoms with van der Waals surface area (Å²) in [5.74, 6) is -4.59. The number of nitrogens with one attached hydrogen (secondary N) is 2. The van der Waals surface area contributed by atoms with Gasteiger partial charge in [0, 0.05) is 29.4 Å². The Bertz CT molecular complexity index is 927. The normalized spacial score (nSPS) is 13.2. The van der Waals surface area contributed by atoms with Crippen LogP contribution in [0.3, 0.4) is 0 Å². The van der Waals surface area contributed by atoms with Crippen LogP contribution >= 0.6 is 11.8 Å². The van der Waals surface area contributed by atoms with E-state index < -0.39 is 54.2 Å². The van der Waals surface area contributed by atoms with E-state index in [9.17, 15) is 34.2 Å². The van der Waals surface area contributed by atoms with Crippen molar-refractivity contribution in [3.05, 3.63) is 23.8 Å². The molecule has 0 bridgehead atoms. The van der Waals surface area contributed by atoms with Gasteiger partial charge in [0.25, 0.3) is 0 Å². The molecule has 1 rings (SSSR count). The number of carboxylic acids is 2. The highest BCUT2D eigenvalue weighted by molar-refractivity contribution is 8.00. The number of amides is 2. The molecule has 14 heteroatoms. The molecule has 0 aliphatic carbocycles. The fourth-order valence-electron chi connectivity index (χ4n) is 2.73. The van der Waals surface area contributed by atoms with Gasteiger partial charge < -0.3 is 41.5 Å². The zero-order valence-corrected chi connectivity index (χ0v) is 19.7. The van der Waals surface area contributed by atoms with Gasteiger partial charge in [-0.05, 0) is 24.6 Å². The van der Waals surface area contributed by atoms with Crippen molar-refractivity contribution in [3.63, 3.8) is 0 Å². The van der Waals surface area contributed by atoms with E-state index in [2.05, 4.69) is 10.6 Å². The van der Waals surface area contributed by atoms with Crippen molar-refractivity contribution < 1.29 is 49.1 Å². The maximum absolute atomic E-state index is 12.6. The van der Waals surface area contributed by atoms with E-state index in [0.717, 1.165) is 11.8 Å². The van der Waals surface area contributed by atoms with Gasteiger partial charge in [-0.1, -0.05) is 0 Å². The molecule has 3 atom stereocenters. The number of hydrogen-bond acceptors (Lipinski definition) is 10. The van der Waals surface area contributed by atoms with Crippen molar-refractivity contribution in [1.82, 2.24) is 10.6 Å². The number of phenols is 1. The van der Waals surface area contributed by atoms with Crippen molar-refractivity contribution in [1.29, 1.82) is 0 Å². The highest BCUT2D eigenvalue weighted by Gasteiger charge is 2.25. The molecule has 0 radical (unpaired) electrons. The number of rotatable bonds is 16. The first-order valence-electron chi connectivity index (χ1n) is 10.4. The Labute approximate surface area is 205 Å². The molecule has 0 aliphatic rings. The number of hydrogen-bond donors (Lipinski definition) is 7. The maximum Gasteiger partial charge on any atom is 0.322 e. The Morgan fingerprint density at radius 2 is 1.86 bits per heavy atom. The molecule has 2 amide bonds. The highest BCUT2D eigenvalue weighted by atomic mass is 32.2. The summed E-state index contributed by atoms with van der Waals surface area (Å²) in [5, 5.41) is 40.8. The monoisotopic (exact) mass is 515 g/mol. The van der Waals surface area contributed by atoms with Gasteiger partial charge in [-0.25, -0.2) is 0 Å². The lowest BCUT2D eigenvalue weighted by molar-refractivity contribution is -0.139. The number of carbonyl (C=O) groups excluding carboxylic acids is 3. The predicted molar refractivity (Wildman–Crippen MR) is 124 cm³/mol. The SMILES string of the molecule is COc1cc(C(=O)CC(CO)SC[C@H](NC(=O)CC[C@H](N)C(=O)O)C(=O)NCC(=O)O)ccc1O. The van der Waals surface area contributed by atoms with Crippen LogP contribution in [-0.2, 0) is 19.2 Å². The Morgan fingerprint density at radius 1 is 1.17 bits per heavy atom. The molecule has 194 valence electrons. The minimum atomic E-state index is -1.30. The van der Waals surface area contributed by atoms with Gasteiger partial charge in [-0.3, -0.25) is 24.0 Å². The molecular formula is C21H29N3O10S. The predicted octanol–water partition coefficient (Wildman–Crippen LogP) is -1.05. The third-order valence-electron chi connectivity index (χ3n) is 4.68. The first-order valence-corrected chi connectivity index (χ1v) is 11.4. The number of aliphatic hydroxyl groups is 1. The van der Waals surface area contributed by atoms with Crippen LogP contribution < -0.4 is 21.1 Å². The van der Waals surface area contributed by atoms with Crippen LogP contribution in [0.15, 0.2) is 18.2 Å². The molecule has 0 saturated carbocycles. The molecule has 1 aromatic carbocycles. The van der Waals surface area contributed by atoms with Crippen molar-refractivity contribution >= 4 is 41.3 Å². The second-order valence-electron chi connectivity index (χ2n) is 7.37. The summed E-state index contributed by atoms with van der Waals surface area (Å²) in [5.41, 5.74) is 5.60. The molecular weight excluding hydrogens is 486 g/mol. The number of ether oxygens (including phenoxy) is 1. The summed E-state index contributed by atoms with van der Waals surface area (Å²) in [6.07, 6.45) is -0.604. The highest BCUT2D eigenvalue weighted by Crippen LogP contribution is 2.27. The molecule has 0 saturated heterocycles. The Hall–Kier alpha value is -3.36. The summed E-state index contributed by atoms with van der Waals surface area (Å²) in [7, 11) is 1.33. The van der Waals surface area contributed by atoms with E-state index in [4.69, 9.17) is 20.7 Å². The number of aromatic hydroxyl groups is 1. The van der Waals surface area contributed by atoms with Gasteiger partial charge in [-0.2, -0.15) is 11.8 Å². The van der Waals surface area contributed by atoms with Gasteiger partial charge in [-0.15, -0.1) is 0 Å². The van der Waals surface area contributed by atoms with Crippen LogP contribution in [0, 0.1) is 0 Å². The topological polar surface area (TPSA) is 226 Å². The molecule has 0 aromatic heterocycles. The summed E-state index contributed by atoms with van der Waals surface area (Å²) >= 11 is 1.01. The van der Waals surface area contributed by atoms with Crippen LogP contribution in [-0.4, -0.2) is 93.3 Å². The van der Waals surface area contributed by atoms with Crippen molar-refractivity contribution in [2.75, 3.05) is 26.0 Å². The standard InChI is InChI=1S/C21H29N3O10S/c1-34-17-6-11(2-4-15(17)26)16(27)7-12(9-25)35-10-14(20(31)23-8-19(29)30)24-18(28)5-3-13(22)21(32)33/h2,4,6,12-14,25-26H,3,5,7-10,22H2,1H3,(H,23,31)(H,24,28)(H,29,30)(H,32,33)/t12?,13-,14-/m0/s1. The first-order chi connectivity index (χ1) is 16.5. The van der Waals surface area contributed by atoms with E-state index in [1.54, 1.807) is 0 Å². The van der Waals surface area contributed by atoms with Crippen molar-refractivity contribution in [2.24, 2.45) is 5.73 Å². The van der Waals surface area contributed by atoms with E-state index in [1.165, 1.54) is 25.3 Å². The molecule has 0 heterocycles. The molecule has 0 fully saturated rings. The molecule has 0 aliphatic heterocycles. The number of methoxy groups -OCH3 is 1. The molecule has 1 unspecified atom stereocenters. The summed E-state index contributed by atoms with van der Waals surface area (Å²) < 4.78 is 4.97. The van der Waals surface area contributed by atoms with Gasteiger partial charge in [0.05, 0.1) is 13.7 Å². The largest absolute Gasteiger partial charge is 0.504 e. The summed E-state index contributed by atoms with van der Waals surface area (Å²) in [4.78, 5) is 58.7. The van der Waals surface area contributed by atoms with Gasteiger partial charge in [0.1, 0.15) is 18.6 Å². The van der Waals surface area contributed by atoms with Gasteiger partial charge >= 0.3 is 11.9 Å². The number of benzene rings is 1. The fraction of sp³-hybridized carbons (Fsp3) is 0.476. The second-order valence-corrected chi connectivity index (χ2v) is 8.70. The van der Waals surface area contributed by atoms with E-state index in [1.807, 2.05) is 0 Å². The summed E-state index contributed by atoms with van der Waals surface area (Å²) in [6.45, 7) is -1.12. The number of ketones is 1. The lowest BCUT2D eigenvalue weighted by Crippen LogP contribution is -2.49. The van der Waals surface area contributed by atoms with Crippen molar-refractivity contribution in [2.45, 2.75) is 36.6 Å². The maximum atomic E-state index is 12.6. The van der Waals surface area contributed by atoms with Crippen LogP contribution in [0.1, 0.15) is 29.6 Å². The van der Waals surface area contributed by atoms with Gasteiger partial charge in [0.2, 0.25) is 11.8 Å². The Kier molecular flexibility index (Phi) is 12.6. The quantitative estimate of drug-likeness (QED) is 0.131. The number of phenolic OH excluding ortho intramolecular Hbond substituents is 1. The number of carbonyl (C=O) groups is 5. The van der Waals surface area contributed by atoms with Gasteiger partial charge in [0.15, 0.2) is 17.3 Å². The summed E-state index contributed by atoms with van der Waals surface area (Å²) in [6, 6.07) is 1.55. The third kappa shape index (κ3) is 10.6. The van der Waals surface area contributed by atoms with Crippen LogP contribution in [0.4, 0.5) is 0 Å². The zero-order valence-electron chi connectivity index (χ0n) is 18.9. The van der Waals surface area contributed by atoms with E-state index >= 15 is 0 Å². The van der Waals surface area contributed by atoms with Crippen LogP contribution in [0.5, 0.6) is 11.5 Å². The Balaban J connectivity index is 2.81.